The molecular formula is C25H27N3O6S. The van der Waals surface area contributed by atoms with Crippen LogP contribution in [0.3, 0.4) is 0 Å². The zero-order valence-corrected chi connectivity index (χ0v) is 20.2. The first kappa shape index (κ1) is 25.6. The summed E-state index contributed by atoms with van der Waals surface area (Å²) in [6, 6.07) is 19.5. The van der Waals surface area contributed by atoms with Crippen LogP contribution in [-0.4, -0.2) is 40.5 Å². The summed E-state index contributed by atoms with van der Waals surface area (Å²) < 4.78 is 39.1. The van der Waals surface area contributed by atoms with Gasteiger partial charge in [0.1, 0.15) is 16.4 Å². The molecule has 184 valence electrons. The maximum atomic E-state index is 13.0. The van der Waals surface area contributed by atoms with Gasteiger partial charge in [-0.3, -0.25) is 14.3 Å². The second-order valence-corrected chi connectivity index (χ2v) is 9.00. The van der Waals surface area contributed by atoms with Crippen molar-refractivity contribution >= 4 is 33.2 Å². The molecule has 0 spiro atoms. The molecule has 0 aliphatic carbocycles. The van der Waals surface area contributed by atoms with Crippen LogP contribution in [0.5, 0.6) is 11.5 Å². The zero-order chi connectivity index (χ0) is 25.3. The average molecular weight is 498 g/mol. The van der Waals surface area contributed by atoms with E-state index in [1.165, 1.54) is 25.3 Å². The van der Waals surface area contributed by atoms with Crippen LogP contribution in [0.4, 0.5) is 11.4 Å². The number of ether oxygens (including phenoxy) is 2. The summed E-state index contributed by atoms with van der Waals surface area (Å²) in [5.41, 5.74) is 1.12. The highest BCUT2D eigenvalue weighted by molar-refractivity contribution is 7.92. The first-order valence-electron chi connectivity index (χ1n) is 10.9. The average Bonchev–Trinajstić information content (AvgIpc) is 2.85. The lowest BCUT2D eigenvalue weighted by Crippen LogP contribution is -2.27. The standard InChI is InChI=1S/C25H27N3O6S/c1-3-34-21-12-9-19(10-13-21)28-35(31,32)23-17-20(11-14-22(23)33-2)27-24(29)15-16-26-25(30)18-7-5-4-6-8-18/h4-14,17,28H,3,15-16H2,1-2H3,(H,26,30)(H,27,29). The van der Waals surface area contributed by atoms with Crippen molar-refractivity contribution in [2.75, 3.05) is 30.3 Å². The molecule has 0 saturated heterocycles. The van der Waals surface area contributed by atoms with Crippen LogP contribution in [-0.2, 0) is 14.8 Å². The van der Waals surface area contributed by atoms with Crippen LogP contribution in [0.25, 0.3) is 0 Å². The number of hydrogen-bond acceptors (Lipinski definition) is 6. The molecule has 0 unspecified atom stereocenters. The van der Waals surface area contributed by atoms with Crippen molar-refractivity contribution in [2.45, 2.75) is 18.2 Å². The van der Waals surface area contributed by atoms with Gasteiger partial charge in [0.25, 0.3) is 15.9 Å². The molecule has 3 N–H and O–H groups in total. The molecule has 3 aromatic rings. The van der Waals surface area contributed by atoms with Gasteiger partial charge < -0.3 is 20.1 Å². The molecule has 10 heteroatoms. The van der Waals surface area contributed by atoms with Crippen molar-refractivity contribution in [1.82, 2.24) is 5.32 Å². The number of nitrogens with one attached hydrogen (secondary N) is 3. The summed E-state index contributed by atoms with van der Waals surface area (Å²) >= 11 is 0. The smallest absolute Gasteiger partial charge is 0.265 e. The third-order valence-electron chi connectivity index (χ3n) is 4.83. The van der Waals surface area contributed by atoms with Crippen LogP contribution in [0, 0.1) is 0 Å². The van der Waals surface area contributed by atoms with Gasteiger partial charge in [0.05, 0.1) is 13.7 Å². The molecule has 9 nitrogen and oxygen atoms in total. The summed E-state index contributed by atoms with van der Waals surface area (Å²) in [7, 11) is -2.66. The van der Waals surface area contributed by atoms with Gasteiger partial charge in [0.15, 0.2) is 0 Å². The van der Waals surface area contributed by atoms with Gasteiger partial charge in [-0.05, 0) is 61.5 Å². The molecular weight excluding hydrogens is 470 g/mol. The Kier molecular flexibility index (Phi) is 8.69. The van der Waals surface area contributed by atoms with Crippen molar-refractivity contribution in [3.8, 4) is 11.5 Å². The highest BCUT2D eigenvalue weighted by atomic mass is 32.2. The van der Waals surface area contributed by atoms with Crippen molar-refractivity contribution in [2.24, 2.45) is 0 Å². The Morgan fingerprint density at radius 1 is 0.914 bits per heavy atom. The molecule has 2 amide bonds. The second kappa shape index (κ2) is 11.9. The third-order valence-corrected chi connectivity index (χ3v) is 6.23. The number of amides is 2. The summed E-state index contributed by atoms with van der Waals surface area (Å²) in [6.07, 6.45) is 0.0110. The number of carbonyl (C=O) groups is 2. The van der Waals surface area contributed by atoms with E-state index in [2.05, 4.69) is 15.4 Å². The van der Waals surface area contributed by atoms with E-state index in [1.807, 2.05) is 6.92 Å². The van der Waals surface area contributed by atoms with Gasteiger partial charge in [-0.1, -0.05) is 18.2 Å². The summed E-state index contributed by atoms with van der Waals surface area (Å²) in [4.78, 5) is 24.3. The van der Waals surface area contributed by atoms with Crippen molar-refractivity contribution in [1.29, 1.82) is 0 Å². The molecule has 3 rings (SSSR count). The van der Waals surface area contributed by atoms with Gasteiger partial charge in [-0.15, -0.1) is 0 Å². The molecule has 0 bridgehead atoms. The van der Waals surface area contributed by atoms with Gasteiger partial charge in [0, 0.05) is 29.9 Å². The fraction of sp³-hybridized carbons (Fsp3) is 0.200. The maximum Gasteiger partial charge on any atom is 0.265 e. The number of rotatable bonds is 11. The minimum atomic E-state index is -4.02. The Morgan fingerprint density at radius 3 is 2.26 bits per heavy atom. The fourth-order valence-electron chi connectivity index (χ4n) is 3.17. The number of hydrogen-bond donors (Lipinski definition) is 3. The quantitative estimate of drug-likeness (QED) is 0.372. The molecule has 35 heavy (non-hydrogen) atoms. The number of methoxy groups -OCH3 is 1. The molecule has 0 atom stereocenters. The fourth-order valence-corrected chi connectivity index (χ4v) is 4.42. The van der Waals surface area contributed by atoms with Gasteiger partial charge >= 0.3 is 0 Å². The zero-order valence-electron chi connectivity index (χ0n) is 19.4. The van der Waals surface area contributed by atoms with Crippen LogP contribution >= 0.6 is 0 Å². The van der Waals surface area contributed by atoms with E-state index < -0.39 is 10.0 Å². The summed E-state index contributed by atoms with van der Waals surface area (Å²) in [5, 5.41) is 5.32. The lowest BCUT2D eigenvalue weighted by Gasteiger charge is -2.14. The predicted molar refractivity (Wildman–Crippen MR) is 133 cm³/mol. The van der Waals surface area contributed by atoms with Crippen LogP contribution < -0.4 is 24.8 Å². The monoisotopic (exact) mass is 497 g/mol. The highest BCUT2D eigenvalue weighted by Crippen LogP contribution is 2.29. The van der Waals surface area contributed by atoms with E-state index in [9.17, 15) is 18.0 Å². The first-order chi connectivity index (χ1) is 16.8. The summed E-state index contributed by atoms with van der Waals surface area (Å²) in [5.74, 6) is 0.0807. The van der Waals surface area contributed by atoms with E-state index in [4.69, 9.17) is 9.47 Å². The van der Waals surface area contributed by atoms with Crippen molar-refractivity contribution in [3.63, 3.8) is 0 Å². The highest BCUT2D eigenvalue weighted by Gasteiger charge is 2.21. The molecule has 0 aromatic heterocycles. The number of benzene rings is 3. The van der Waals surface area contributed by atoms with Crippen molar-refractivity contribution < 1.29 is 27.5 Å². The number of sulfonamides is 1. The van der Waals surface area contributed by atoms with E-state index in [0.29, 0.717) is 23.6 Å². The van der Waals surface area contributed by atoms with E-state index >= 15 is 0 Å². The molecule has 0 aliphatic rings. The number of anilines is 2. The maximum absolute atomic E-state index is 13.0. The third kappa shape index (κ3) is 7.21. The van der Waals surface area contributed by atoms with Crippen LogP contribution in [0.1, 0.15) is 23.7 Å². The van der Waals surface area contributed by atoms with E-state index in [0.717, 1.165) is 0 Å². The van der Waals surface area contributed by atoms with E-state index in [1.54, 1.807) is 54.6 Å². The van der Waals surface area contributed by atoms with Gasteiger partial charge in [-0.25, -0.2) is 8.42 Å². The Balaban J connectivity index is 1.64. The lowest BCUT2D eigenvalue weighted by atomic mass is 10.2. The topological polar surface area (TPSA) is 123 Å². The largest absolute Gasteiger partial charge is 0.495 e. The second-order valence-electron chi connectivity index (χ2n) is 7.35. The Labute approximate surface area is 204 Å². The number of carbonyl (C=O) groups excluding carboxylic acids is 2. The Morgan fingerprint density at radius 2 is 1.60 bits per heavy atom. The van der Waals surface area contributed by atoms with Gasteiger partial charge in [-0.2, -0.15) is 0 Å². The molecule has 3 aromatic carbocycles. The summed E-state index contributed by atoms with van der Waals surface area (Å²) in [6.45, 7) is 2.48. The van der Waals surface area contributed by atoms with Crippen LogP contribution in [0.2, 0.25) is 0 Å². The van der Waals surface area contributed by atoms with Crippen LogP contribution in [0.15, 0.2) is 77.7 Å². The SMILES string of the molecule is CCOc1ccc(NS(=O)(=O)c2cc(NC(=O)CCNC(=O)c3ccccc3)ccc2OC)cc1. The van der Waals surface area contributed by atoms with E-state index in [-0.39, 0.29) is 41.1 Å². The normalized spacial score (nSPS) is 10.8. The van der Waals surface area contributed by atoms with Crippen molar-refractivity contribution in [3.05, 3.63) is 78.4 Å². The molecule has 0 saturated carbocycles. The molecule has 0 radical (unpaired) electrons. The molecule has 0 aliphatic heterocycles. The first-order valence-corrected chi connectivity index (χ1v) is 12.4. The Bertz CT molecular complexity index is 1260. The minimum absolute atomic E-state index is 0.0110. The van der Waals surface area contributed by atoms with Gasteiger partial charge in [0.2, 0.25) is 5.91 Å². The predicted octanol–water partition coefficient (Wildman–Crippen LogP) is 3.65. The minimum Gasteiger partial charge on any atom is -0.495 e. The molecule has 0 heterocycles. The lowest BCUT2D eigenvalue weighted by molar-refractivity contribution is -0.116. The molecule has 0 fully saturated rings. The Hall–Kier alpha value is -4.05.